The predicted octanol–water partition coefficient (Wildman–Crippen LogP) is 3.62. The van der Waals surface area contributed by atoms with Gasteiger partial charge in [-0.2, -0.15) is 11.3 Å². The fourth-order valence-electron chi connectivity index (χ4n) is 1.90. The van der Waals surface area contributed by atoms with Crippen molar-refractivity contribution in [1.82, 2.24) is 5.32 Å². The molecule has 0 fully saturated rings. The highest BCUT2D eigenvalue weighted by molar-refractivity contribution is 7.07. The van der Waals surface area contributed by atoms with E-state index in [1.165, 1.54) is 5.56 Å². The van der Waals surface area contributed by atoms with E-state index in [-0.39, 0.29) is 0 Å². The SMILES string of the molecule is COc1ccc(CNC(C)c2ccsc2)c(OC)c1. The Balaban J connectivity index is 2.03. The zero-order chi connectivity index (χ0) is 13.7. The van der Waals surface area contributed by atoms with Crippen molar-refractivity contribution in [3.63, 3.8) is 0 Å². The third-order valence-corrected chi connectivity index (χ3v) is 3.84. The average Bonchev–Trinajstić information content (AvgIpc) is 2.98. The maximum atomic E-state index is 5.39. The average molecular weight is 277 g/mol. The van der Waals surface area contributed by atoms with Gasteiger partial charge < -0.3 is 14.8 Å². The van der Waals surface area contributed by atoms with Gasteiger partial charge in [-0.05, 0) is 35.4 Å². The number of methoxy groups -OCH3 is 2. The second-order valence-electron chi connectivity index (χ2n) is 4.34. The van der Waals surface area contributed by atoms with Gasteiger partial charge in [0.05, 0.1) is 14.2 Å². The molecule has 0 aliphatic heterocycles. The Morgan fingerprint density at radius 2 is 2.05 bits per heavy atom. The molecule has 0 radical (unpaired) electrons. The minimum atomic E-state index is 0.332. The zero-order valence-corrected chi connectivity index (χ0v) is 12.3. The second kappa shape index (κ2) is 6.59. The molecule has 0 aliphatic carbocycles. The summed E-state index contributed by atoms with van der Waals surface area (Å²) >= 11 is 1.72. The minimum Gasteiger partial charge on any atom is -0.497 e. The lowest BCUT2D eigenvalue weighted by Gasteiger charge is -2.15. The monoisotopic (exact) mass is 277 g/mol. The lowest BCUT2D eigenvalue weighted by Crippen LogP contribution is -2.18. The van der Waals surface area contributed by atoms with Gasteiger partial charge in [-0.3, -0.25) is 0 Å². The minimum absolute atomic E-state index is 0.332. The summed E-state index contributed by atoms with van der Waals surface area (Å²) in [5, 5.41) is 7.77. The molecule has 3 nitrogen and oxygen atoms in total. The first kappa shape index (κ1) is 13.9. The molecule has 1 heterocycles. The van der Waals surface area contributed by atoms with E-state index in [1.54, 1.807) is 25.6 Å². The molecule has 1 atom stereocenters. The van der Waals surface area contributed by atoms with E-state index in [9.17, 15) is 0 Å². The predicted molar refractivity (Wildman–Crippen MR) is 79.1 cm³/mol. The van der Waals surface area contributed by atoms with Crippen LogP contribution in [0.15, 0.2) is 35.0 Å². The van der Waals surface area contributed by atoms with Crippen molar-refractivity contribution in [3.05, 3.63) is 46.2 Å². The fourth-order valence-corrected chi connectivity index (χ4v) is 2.65. The number of rotatable bonds is 6. The normalized spacial score (nSPS) is 12.2. The van der Waals surface area contributed by atoms with E-state index >= 15 is 0 Å². The Labute approximate surface area is 118 Å². The first-order valence-electron chi connectivity index (χ1n) is 6.21. The van der Waals surface area contributed by atoms with Crippen molar-refractivity contribution in [2.24, 2.45) is 0 Å². The number of ether oxygens (including phenoxy) is 2. The summed E-state index contributed by atoms with van der Waals surface area (Å²) < 4.78 is 10.6. The largest absolute Gasteiger partial charge is 0.497 e. The molecule has 2 aromatic rings. The number of hydrogen-bond acceptors (Lipinski definition) is 4. The van der Waals surface area contributed by atoms with E-state index in [2.05, 4.69) is 29.1 Å². The van der Waals surface area contributed by atoms with Crippen LogP contribution in [0.2, 0.25) is 0 Å². The molecule has 0 aliphatic rings. The smallest absolute Gasteiger partial charge is 0.127 e. The fraction of sp³-hybridized carbons (Fsp3) is 0.333. The van der Waals surface area contributed by atoms with Gasteiger partial charge >= 0.3 is 0 Å². The number of hydrogen-bond donors (Lipinski definition) is 1. The Morgan fingerprint density at radius 3 is 2.68 bits per heavy atom. The van der Waals surface area contributed by atoms with Crippen molar-refractivity contribution in [1.29, 1.82) is 0 Å². The maximum Gasteiger partial charge on any atom is 0.127 e. The molecule has 0 spiro atoms. The van der Waals surface area contributed by atoms with E-state index in [0.717, 1.165) is 23.6 Å². The molecule has 0 amide bonds. The summed E-state index contributed by atoms with van der Waals surface area (Å²) in [7, 11) is 3.34. The first-order chi connectivity index (χ1) is 9.24. The molecule has 1 unspecified atom stereocenters. The number of nitrogens with one attached hydrogen (secondary N) is 1. The topological polar surface area (TPSA) is 30.5 Å². The maximum absolute atomic E-state index is 5.39. The van der Waals surface area contributed by atoms with Gasteiger partial charge in [0.1, 0.15) is 11.5 Å². The van der Waals surface area contributed by atoms with Crippen LogP contribution >= 0.6 is 11.3 Å². The van der Waals surface area contributed by atoms with Crippen molar-refractivity contribution in [2.75, 3.05) is 14.2 Å². The molecule has 0 saturated heterocycles. The van der Waals surface area contributed by atoms with Crippen LogP contribution in [-0.2, 0) is 6.54 Å². The van der Waals surface area contributed by atoms with Crippen molar-refractivity contribution < 1.29 is 9.47 Å². The van der Waals surface area contributed by atoms with E-state index in [0.29, 0.717) is 6.04 Å². The van der Waals surface area contributed by atoms with Crippen LogP contribution in [0.25, 0.3) is 0 Å². The Bertz CT molecular complexity index is 511. The van der Waals surface area contributed by atoms with Gasteiger partial charge in [-0.25, -0.2) is 0 Å². The third-order valence-electron chi connectivity index (χ3n) is 3.14. The van der Waals surface area contributed by atoms with Crippen LogP contribution in [0.1, 0.15) is 24.1 Å². The molecule has 4 heteroatoms. The Hall–Kier alpha value is -1.52. The van der Waals surface area contributed by atoms with E-state index < -0.39 is 0 Å². The zero-order valence-electron chi connectivity index (χ0n) is 11.5. The lowest BCUT2D eigenvalue weighted by molar-refractivity contribution is 0.389. The molecular weight excluding hydrogens is 258 g/mol. The van der Waals surface area contributed by atoms with Crippen molar-refractivity contribution in [3.8, 4) is 11.5 Å². The highest BCUT2D eigenvalue weighted by Gasteiger charge is 2.08. The summed E-state index contributed by atoms with van der Waals surface area (Å²) in [6.07, 6.45) is 0. The quantitative estimate of drug-likeness (QED) is 0.875. The Morgan fingerprint density at radius 1 is 1.21 bits per heavy atom. The van der Waals surface area contributed by atoms with Gasteiger partial charge in [-0.1, -0.05) is 6.07 Å². The Kier molecular flexibility index (Phi) is 4.82. The van der Waals surface area contributed by atoms with Crippen LogP contribution in [0.5, 0.6) is 11.5 Å². The summed E-state index contributed by atoms with van der Waals surface area (Å²) in [5.41, 5.74) is 2.45. The molecule has 1 aromatic heterocycles. The molecule has 0 saturated carbocycles. The molecule has 1 aromatic carbocycles. The summed E-state index contributed by atoms with van der Waals surface area (Å²) in [6, 6.07) is 8.37. The number of thiophene rings is 1. The first-order valence-corrected chi connectivity index (χ1v) is 7.15. The molecule has 19 heavy (non-hydrogen) atoms. The molecular formula is C15H19NO2S. The van der Waals surface area contributed by atoms with Gasteiger partial charge in [0.15, 0.2) is 0 Å². The third kappa shape index (κ3) is 3.49. The molecule has 0 bridgehead atoms. The van der Waals surface area contributed by atoms with Crippen molar-refractivity contribution >= 4 is 11.3 Å². The highest BCUT2D eigenvalue weighted by Crippen LogP contribution is 2.25. The summed E-state index contributed by atoms with van der Waals surface area (Å²) in [6.45, 7) is 2.93. The second-order valence-corrected chi connectivity index (χ2v) is 5.12. The van der Waals surface area contributed by atoms with Gasteiger partial charge in [0.25, 0.3) is 0 Å². The molecule has 102 valence electrons. The van der Waals surface area contributed by atoms with Crippen molar-refractivity contribution in [2.45, 2.75) is 19.5 Å². The lowest BCUT2D eigenvalue weighted by atomic mass is 10.1. The van der Waals surface area contributed by atoms with Crippen LogP contribution in [0.3, 0.4) is 0 Å². The highest BCUT2D eigenvalue weighted by atomic mass is 32.1. The van der Waals surface area contributed by atoms with Gasteiger partial charge in [-0.15, -0.1) is 0 Å². The van der Waals surface area contributed by atoms with E-state index in [1.807, 2.05) is 18.2 Å². The summed E-state index contributed by atoms with van der Waals surface area (Å²) in [4.78, 5) is 0. The van der Waals surface area contributed by atoms with Crippen LogP contribution in [0.4, 0.5) is 0 Å². The standard InChI is InChI=1S/C15H19NO2S/c1-11(13-6-7-19-10-13)16-9-12-4-5-14(17-2)8-15(12)18-3/h4-8,10-11,16H,9H2,1-3H3. The van der Waals surface area contributed by atoms with Gasteiger partial charge in [0, 0.05) is 24.2 Å². The van der Waals surface area contributed by atoms with E-state index in [4.69, 9.17) is 9.47 Å². The molecule has 2 rings (SSSR count). The number of benzene rings is 1. The van der Waals surface area contributed by atoms with Crippen LogP contribution in [0, 0.1) is 0 Å². The van der Waals surface area contributed by atoms with Crippen LogP contribution < -0.4 is 14.8 Å². The van der Waals surface area contributed by atoms with Gasteiger partial charge in [0.2, 0.25) is 0 Å². The van der Waals surface area contributed by atoms with Crippen LogP contribution in [-0.4, -0.2) is 14.2 Å². The molecule has 1 N–H and O–H groups in total. The summed E-state index contributed by atoms with van der Waals surface area (Å²) in [5.74, 6) is 1.66.